The summed E-state index contributed by atoms with van der Waals surface area (Å²) in [5, 5.41) is 4.19. The fourth-order valence-corrected chi connectivity index (χ4v) is 5.75. The van der Waals surface area contributed by atoms with Gasteiger partial charge in [-0.05, 0) is 42.5 Å². The smallest absolute Gasteiger partial charge is 0.233 e. The van der Waals surface area contributed by atoms with Crippen LogP contribution >= 0.6 is 0 Å². The van der Waals surface area contributed by atoms with E-state index in [0.29, 0.717) is 5.69 Å². The summed E-state index contributed by atoms with van der Waals surface area (Å²) in [6.45, 7) is 0. The highest BCUT2D eigenvalue weighted by Crippen LogP contribution is 2.28. The van der Waals surface area contributed by atoms with Crippen LogP contribution in [0.3, 0.4) is 0 Å². The second kappa shape index (κ2) is 8.31. The lowest BCUT2D eigenvalue weighted by atomic mass is 10.1. The molecule has 0 aliphatic heterocycles. The van der Waals surface area contributed by atoms with Gasteiger partial charge >= 0.3 is 0 Å². The number of hydrogen-bond donors (Lipinski definition) is 1. The quantitative estimate of drug-likeness (QED) is 0.478. The largest absolute Gasteiger partial charge is 0.282 e. The molecular formula is C23H24N6O2S. The van der Waals surface area contributed by atoms with Crippen molar-refractivity contribution in [2.45, 2.75) is 25.7 Å². The lowest BCUT2D eigenvalue weighted by molar-refractivity contribution is 0.563. The van der Waals surface area contributed by atoms with E-state index in [2.05, 4.69) is 19.8 Å². The number of pyridine rings is 1. The van der Waals surface area contributed by atoms with Crippen LogP contribution in [-0.2, 0) is 17.1 Å². The number of nitrogens with zero attached hydrogens (tertiary/aromatic N) is 5. The van der Waals surface area contributed by atoms with Gasteiger partial charge in [0.2, 0.25) is 10.0 Å². The molecular weight excluding hydrogens is 424 g/mol. The van der Waals surface area contributed by atoms with Crippen LogP contribution in [0.2, 0.25) is 0 Å². The highest BCUT2D eigenvalue weighted by molar-refractivity contribution is 7.92. The van der Waals surface area contributed by atoms with Gasteiger partial charge in [0.05, 0.1) is 46.8 Å². The van der Waals surface area contributed by atoms with Crippen LogP contribution in [0.5, 0.6) is 0 Å². The number of sulfonamides is 1. The van der Waals surface area contributed by atoms with Crippen molar-refractivity contribution in [3.05, 3.63) is 55.2 Å². The number of hydrogen-bond acceptors (Lipinski definition) is 6. The molecule has 8 nitrogen and oxygen atoms in total. The van der Waals surface area contributed by atoms with Crippen LogP contribution < -0.4 is 4.72 Å². The monoisotopic (exact) mass is 448 g/mol. The summed E-state index contributed by atoms with van der Waals surface area (Å²) < 4.78 is 29.6. The normalized spacial score (nSPS) is 14.8. The SMILES string of the molecule is Cn1cc(-c2cnc3ccc(-c4cncc(NS(=O)(=O)CC5CCCC5)c4)cc3n2)cn1. The Labute approximate surface area is 186 Å². The standard InChI is InChI=1S/C23H24N6O2S/c1-29-14-19(11-26-29)23-13-25-21-7-6-17(9-22(21)27-23)18-8-20(12-24-10-18)28-32(30,31)15-16-4-2-3-5-16/h6-14,16,28H,2-5,15H2,1H3. The second-order valence-corrected chi connectivity index (χ2v) is 10.1. The Morgan fingerprint density at radius 1 is 1.00 bits per heavy atom. The van der Waals surface area contributed by atoms with Crippen molar-refractivity contribution >= 4 is 26.7 Å². The molecule has 0 radical (unpaired) electrons. The predicted molar refractivity (Wildman–Crippen MR) is 124 cm³/mol. The van der Waals surface area contributed by atoms with E-state index in [9.17, 15) is 8.42 Å². The Kier molecular flexibility index (Phi) is 5.34. The number of benzene rings is 1. The van der Waals surface area contributed by atoms with Crippen molar-refractivity contribution in [2.24, 2.45) is 13.0 Å². The first kappa shape index (κ1) is 20.6. The summed E-state index contributed by atoms with van der Waals surface area (Å²) in [4.78, 5) is 13.5. The van der Waals surface area contributed by atoms with E-state index >= 15 is 0 Å². The number of nitrogens with one attached hydrogen (secondary N) is 1. The van der Waals surface area contributed by atoms with Gasteiger partial charge in [-0.25, -0.2) is 13.4 Å². The molecule has 1 aliphatic rings. The van der Waals surface area contributed by atoms with Crippen LogP contribution in [0.25, 0.3) is 33.4 Å². The summed E-state index contributed by atoms with van der Waals surface area (Å²) in [7, 11) is -1.55. The van der Waals surface area contributed by atoms with E-state index in [0.717, 1.165) is 59.1 Å². The molecule has 0 bridgehead atoms. The molecule has 3 heterocycles. The molecule has 0 saturated heterocycles. The van der Waals surface area contributed by atoms with Crippen molar-refractivity contribution < 1.29 is 8.42 Å². The minimum Gasteiger partial charge on any atom is -0.282 e. The number of anilines is 1. The van der Waals surface area contributed by atoms with E-state index in [-0.39, 0.29) is 11.7 Å². The Balaban J connectivity index is 1.42. The van der Waals surface area contributed by atoms with Gasteiger partial charge in [-0.3, -0.25) is 19.4 Å². The number of fused-ring (bicyclic) bond motifs is 1. The van der Waals surface area contributed by atoms with Gasteiger partial charge in [-0.1, -0.05) is 18.9 Å². The third-order valence-corrected chi connectivity index (χ3v) is 7.27. The van der Waals surface area contributed by atoms with Crippen molar-refractivity contribution in [3.8, 4) is 22.4 Å². The van der Waals surface area contributed by atoms with Crippen molar-refractivity contribution in [2.75, 3.05) is 10.5 Å². The Morgan fingerprint density at radius 3 is 2.62 bits per heavy atom. The average molecular weight is 449 g/mol. The van der Waals surface area contributed by atoms with Crippen molar-refractivity contribution in [1.29, 1.82) is 0 Å². The van der Waals surface area contributed by atoms with E-state index < -0.39 is 10.0 Å². The van der Waals surface area contributed by atoms with Crippen LogP contribution in [0, 0.1) is 5.92 Å². The molecule has 1 aromatic carbocycles. The molecule has 0 unspecified atom stereocenters. The van der Waals surface area contributed by atoms with Gasteiger partial charge in [-0.2, -0.15) is 5.10 Å². The Morgan fingerprint density at radius 2 is 1.84 bits per heavy atom. The first-order valence-electron chi connectivity index (χ1n) is 10.7. The van der Waals surface area contributed by atoms with Gasteiger partial charge in [0.25, 0.3) is 0 Å². The highest BCUT2D eigenvalue weighted by Gasteiger charge is 2.22. The molecule has 4 aromatic rings. The lowest BCUT2D eigenvalue weighted by Crippen LogP contribution is -2.21. The maximum absolute atomic E-state index is 12.6. The topological polar surface area (TPSA) is 103 Å². The molecule has 1 fully saturated rings. The first-order chi connectivity index (χ1) is 15.4. The maximum atomic E-state index is 12.6. The molecule has 1 N–H and O–H groups in total. The fourth-order valence-electron chi connectivity index (χ4n) is 4.25. The lowest BCUT2D eigenvalue weighted by Gasteiger charge is -2.12. The molecule has 1 aliphatic carbocycles. The zero-order valence-corrected chi connectivity index (χ0v) is 18.6. The molecule has 164 valence electrons. The van der Waals surface area contributed by atoms with Crippen LogP contribution in [0.15, 0.2) is 55.2 Å². The number of rotatable bonds is 6. The van der Waals surface area contributed by atoms with Crippen molar-refractivity contribution in [3.63, 3.8) is 0 Å². The average Bonchev–Trinajstić information content (AvgIpc) is 3.44. The number of aryl methyl sites for hydroxylation is 1. The van der Waals surface area contributed by atoms with E-state index in [4.69, 9.17) is 4.98 Å². The van der Waals surface area contributed by atoms with Crippen LogP contribution in [0.4, 0.5) is 5.69 Å². The Bertz CT molecular complexity index is 1380. The maximum Gasteiger partial charge on any atom is 0.233 e. The summed E-state index contributed by atoms with van der Waals surface area (Å²) >= 11 is 0. The molecule has 0 atom stereocenters. The molecule has 0 spiro atoms. The second-order valence-electron chi connectivity index (χ2n) is 8.36. The van der Waals surface area contributed by atoms with Gasteiger partial charge in [0.1, 0.15) is 0 Å². The van der Waals surface area contributed by atoms with E-state index in [1.54, 1.807) is 29.3 Å². The zero-order chi connectivity index (χ0) is 22.1. The summed E-state index contributed by atoms with van der Waals surface area (Å²) in [5.74, 6) is 0.414. The van der Waals surface area contributed by atoms with Gasteiger partial charge in [0, 0.05) is 30.6 Å². The van der Waals surface area contributed by atoms with E-state index in [1.807, 2.05) is 31.4 Å². The number of aromatic nitrogens is 5. The molecule has 3 aromatic heterocycles. The summed E-state index contributed by atoms with van der Waals surface area (Å²) in [6.07, 6.45) is 12.8. The Hall–Kier alpha value is -3.33. The van der Waals surface area contributed by atoms with Crippen LogP contribution in [0.1, 0.15) is 25.7 Å². The third kappa shape index (κ3) is 4.47. The predicted octanol–water partition coefficient (Wildman–Crippen LogP) is 4.02. The minimum absolute atomic E-state index is 0.167. The molecule has 9 heteroatoms. The summed E-state index contributed by atoms with van der Waals surface area (Å²) in [5.41, 5.74) is 5.33. The van der Waals surface area contributed by atoms with Crippen molar-refractivity contribution in [1.82, 2.24) is 24.7 Å². The van der Waals surface area contributed by atoms with Gasteiger partial charge in [0.15, 0.2) is 0 Å². The molecule has 1 saturated carbocycles. The zero-order valence-electron chi connectivity index (χ0n) is 17.8. The minimum atomic E-state index is -3.41. The molecule has 32 heavy (non-hydrogen) atoms. The molecule has 0 amide bonds. The van der Waals surface area contributed by atoms with Gasteiger partial charge < -0.3 is 0 Å². The fraction of sp³-hybridized carbons (Fsp3) is 0.304. The van der Waals surface area contributed by atoms with Crippen LogP contribution in [-0.4, -0.2) is 38.9 Å². The third-order valence-electron chi connectivity index (χ3n) is 5.82. The first-order valence-corrected chi connectivity index (χ1v) is 12.3. The van der Waals surface area contributed by atoms with Gasteiger partial charge in [-0.15, -0.1) is 0 Å². The highest BCUT2D eigenvalue weighted by atomic mass is 32.2. The summed E-state index contributed by atoms with van der Waals surface area (Å²) in [6, 6.07) is 7.59. The molecule has 5 rings (SSSR count). The van der Waals surface area contributed by atoms with E-state index in [1.165, 1.54) is 6.20 Å².